The highest BCUT2D eigenvalue weighted by Gasteiger charge is 2.25. The molecule has 2 heterocycles. The third kappa shape index (κ3) is 5.54. The van der Waals surface area contributed by atoms with Crippen molar-refractivity contribution in [3.8, 4) is 5.75 Å². The first-order chi connectivity index (χ1) is 15.2. The van der Waals surface area contributed by atoms with E-state index >= 15 is 0 Å². The molecule has 2 amide bonds. The lowest BCUT2D eigenvalue weighted by Gasteiger charge is -2.32. The van der Waals surface area contributed by atoms with Crippen LogP contribution in [0.2, 0.25) is 0 Å². The van der Waals surface area contributed by atoms with Crippen LogP contribution in [0.15, 0.2) is 77.6 Å². The molecular formula is C25H26N2O4. The van der Waals surface area contributed by atoms with E-state index < -0.39 is 0 Å². The van der Waals surface area contributed by atoms with Gasteiger partial charge in [-0.25, -0.2) is 0 Å². The Kier molecular flexibility index (Phi) is 6.67. The van der Waals surface area contributed by atoms with E-state index in [1.165, 1.54) is 18.1 Å². The highest BCUT2D eigenvalue weighted by molar-refractivity contribution is 5.94. The highest BCUT2D eigenvalue weighted by atomic mass is 16.5. The van der Waals surface area contributed by atoms with Gasteiger partial charge in [-0.05, 0) is 42.3 Å². The fourth-order valence-electron chi connectivity index (χ4n) is 3.69. The first kappa shape index (κ1) is 20.7. The van der Waals surface area contributed by atoms with Crippen LogP contribution in [0.3, 0.4) is 0 Å². The molecule has 1 N–H and O–H groups in total. The molecule has 1 saturated heterocycles. The normalized spacial score (nSPS) is 14.3. The number of hydrogen-bond donors (Lipinski definition) is 1. The molecular weight excluding hydrogens is 392 g/mol. The number of benzene rings is 2. The second kappa shape index (κ2) is 9.98. The highest BCUT2D eigenvalue weighted by Crippen LogP contribution is 2.21. The molecule has 3 aromatic rings. The van der Waals surface area contributed by atoms with Gasteiger partial charge in [-0.2, -0.15) is 0 Å². The summed E-state index contributed by atoms with van der Waals surface area (Å²) in [6.07, 6.45) is 5.38. The van der Waals surface area contributed by atoms with Crippen molar-refractivity contribution in [2.24, 2.45) is 0 Å². The van der Waals surface area contributed by atoms with Gasteiger partial charge in [0, 0.05) is 38.0 Å². The molecule has 1 aromatic heterocycles. The van der Waals surface area contributed by atoms with Crippen molar-refractivity contribution >= 4 is 11.8 Å². The molecule has 6 heteroatoms. The minimum absolute atomic E-state index is 0.00479. The molecule has 0 spiro atoms. The molecule has 6 nitrogen and oxygen atoms in total. The lowest BCUT2D eigenvalue weighted by molar-refractivity contribution is 0.0595. The van der Waals surface area contributed by atoms with Gasteiger partial charge in [-0.3, -0.25) is 9.59 Å². The van der Waals surface area contributed by atoms with Gasteiger partial charge in [0.15, 0.2) is 0 Å². The van der Waals surface area contributed by atoms with E-state index in [-0.39, 0.29) is 17.9 Å². The summed E-state index contributed by atoms with van der Waals surface area (Å²) in [4.78, 5) is 26.5. The fraction of sp³-hybridized carbons (Fsp3) is 0.280. The smallest absolute Gasteiger partial charge is 0.257 e. The van der Waals surface area contributed by atoms with E-state index in [1.54, 1.807) is 18.2 Å². The zero-order chi connectivity index (χ0) is 21.5. The Hall–Kier alpha value is -3.54. The number of piperidine rings is 1. The van der Waals surface area contributed by atoms with Gasteiger partial charge in [0.05, 0.1) is 11.8 Å². The van der Waals surface area contributed by atoms with E-state index in [0.717, 1.165) is 25.0 Å². The quantitative estimate of drug-likeness (QED) is 0.631. The summed E-state index contributed by atoms with van der Waals surface area (Å²) >= 11 is 0. The van der Waals surface area contributed by atoms with Crippen LogP contribution in [0.1, 0.15) is 39.1 Å². The third-order valence-electron chi connectivity index (χ3n) is 5.46. The average Bonchev–Trinajstić information content (AvgIpc) is 3.35. The van der Waals surface area contributed by atoms with Crippen molar-refractivity contribution in [2.45, 2.75) is 25.4 Å². The van der Waals surface area contributed by atoms with Crippen molar-refractivity contribution in [3.63, 3.8) is 0 Å². The van der Waals surface area contributed by atoms with Gasteiger partial charge in [0.25, 0.3) is 11.8 Å². The second-order valence-corrected chi connectivity index (χ2v) is 7.64. The van der Waals surface area contributed by atoms with Gasteiger partial charge in [0.1, 0.15) is 18.1 Å². The van der Waals surface area contributed by atoms with E-state index in [2.05, 4.69) is 17.4 Å². The summed E-state index contributed by atoms with van der Waals surface area (Å²) in [5.74, 6) is 0.642. The second-order valence-electron chi connectivity index (χ2n) is 7.64. The van der Waals surface area contributed by atoms with E-state index in [4.69, 9.17) is 9.15 Å². The predicted molar refractivity (Wildman–Crippen MR) is 117 cm³/mol. The molecule has 4 rings (SSSR count). The van der Waals surface area contributed by atoms with Crippen LogP contribution in [0, 0.1) is 0 Å². The molecule has 1 aliphatic heterocycles. The number of nitrogens with one attached hydrogen (secondary N) is 1. The van der Waals surface area contributed by atoms with Crippen LogP contribution in [0.5, 0.6) is 5.75 Å². The molecule has 160 valence electrons. The minimum Gasteiger partial charge on any atom is -0.490 e. The molecule has 0 atom stereocenters. The summed E-state index contributed by atoms with van der Waals surface area (Å²) in [6.45, 7) is 1.89. The lowest BCUT2D eigenvalue weighted by atomic mass is 10.1. The maximum absolute atomic E-state index is 12.4. The number of likely N-dealkylation sites (tertiary alicyclic amines) is 1. The standard InChI is InChI=1S/C25H26N2O4/c28-24(26-14-10-19-4-2-1-3-5-19)20-6-8-22(9-7-20)31-23-11-15-27(16-12-23)25(29)21-13-17-30-18-21/h1-9,13,17-18,23H,10-12,14-16H2,(H,26,28). The topological polar surface area (TPSA) is 71.8 Å². The Morgan fingerprint density at radius 2 is 1.71 bits per heavy atom. The molecule has 0 unspecified atom stereocenters. The molecule has 1 fully saturated rings. The molecule has 31 heavy (non-hydrogen) atoms. The Morgan fingerprint density at radius 3 is 2.39 bits per heavy atom. The molecule has 0 bridgehead atoms. The lowest BCUT2D eigenvalue weighted by Crippen LogP contribution is -2.41. The Labute approximate surface area is 181 Å². The van der Waals surface area contributed by atoms with E-state index in [1.807, 2.05) is 35.2 Å². The molecule has 2 aromatic carbocycles. The number of nitrogens with zero attached hydrogens (tertiary/aromatic N) is 1. The summed E-state index contributed by atoms with van der Waals surface area (Å²) in [7, 11) is 0. The van der Waals surface area contributed by atoms with Crippen molar-refractivity contribution in [1.82, 2.24) is 10.2 Å². The summed E-state index contributed by atoms with van der Waals surface area (Å²) in [5, 5.41) is 2.95. The van der Waals surface area contributed by atoms with Crippen LogP contribution in [0.25, 0.3) is 0 Å². The zero-order valence-corrected chi connectivity index (χ0v) is 17.3. The number of amides is 2. The largest absolute Gasteiger partial charge is 0.490 e. The van der Waals surface area contributed by atoms with Crippen LogP contribution in [-0.4, -0.2) is 42.5 Å². The number of rotatable bonds is 7. The Balaban J connectivity index is 1.21. The van der Waals surface area contributed by atoms with Crippen molar-refractivity contribution < 1.29 is 18.7 Å². The predicted octanol–water partition coefficient (Wildman–Crippen LogP) is 3.94. The van der Waals surface area contributed by atoms with Crippen molar-refractivity contribution in [2.75, 3.05) is 19.6 Å². The van der Waals surface area contributed by atoms with Gasteiger partial charge in [0.2, 0.25) is 0 Å². The summed E-state index contributed by atoms with van der Waals surface area (Å²) in [6, 6.07) is 19.0. The maximum atomic E-state index is 12.4. The maximum Gasteiger partial charge on any atom is 0.257 e. The number of furan rings is 1. The van der Waals surface area contributed by atoms with Gasteiger partial charge in [-0.15, -0.1) is 0 Å². The minimum atomic E-state index is -0.0893. The van der Waals surface area contributed by atoms with Gasteiger partial charge in [-0.1, -0.05) is 30.3 Å². The third-order valence-corrected chi connectivity index (χ3v) is 5.46. The Morgan fingerprint density at radius 1 is 0.968 bits per heavy atom. The molecule has 0 radical (unpaired) electrons. The van der Waals surface area contributed by atoms with Crippen molar-refractivity contribution in [3.05, 3.63) is 89.9 Å². The van der Waals surface area contributed by atoms with Gasteiger partial charge >= 0.3 is 0 Å². The van der Waals surface area contributed by atoms with E-state index in [9.17, 15) is 9.59 Å². The first-order valence-electron chi connectivity index (χ1n) is 10.6. The Bertz CT molecular complexity index is 976. The first-order valence-corrected chi connectivity index (χ1v) is 10.6. The number of ether oxygens (including phenoxy) is 1. The monoisotopic (exact) mass is 418 g/mol. The van der Waals surface area contributed by atoms with Gasteiger partial charge < -0.3 is 19.4 Å². The number of carbonyl (C=O) groups excluding carboxylic acids is 2. The summed E-state index contributed by atoms with van der Waals surface area (Å²) in [5.41, 5.74) is 2.39. The molecule has 1 aliphatic rings. The van der Waals surface area contributed by atoms with Crippen LogP contribution in [-0.2, 0) is 6.42 Å². The molecule has 0 aliphatic carbocycles. The fourth-order valence-corrected chi connectivity index (χ4v) is 3.69. The molecule has 0 saturated carbocycles. The zero-order valence-electron chi connectivity index (χ0n) is 17.3. The summed E-state index contributed by atoms with van der Waals surface area (Å²) < 4.78 is 11.1. The van der Waals surface area contributed by atoms with Crippen LogP contribution >= 0.6 is 0 Å². The van der Waals surface area contributed by atoms with Crippen LogP contribution in [0.4, 0.5) is 0 Å². The average molecular weight is 418 g/mol. The number of hydrogen-bond acceptors (Lipinski definition) is 4. The number of carbonyl (C=O) groups is 2. The van der Waals surface area contributed by atoms with E-state index in [0.29, 0.717) is 30.8 Å². The SMILES string of the molecule is O=C(NCCc1ccccc1)c1ccc(OC2CCN(C(=O)c3ccoc3)CC2)cc1. The van der Waals surface area contributed by atoms with Crippen LogP contribution < -0.4 is 10.1 Å². The van der Waals surface area contributed by atoms with Crippen molar-refractivity contribution in [1.29, 1.82) is 0 Å².